The fraction of sp³-hybridized carbons (Fsp3) is 0.788. The van der Waals surface area contributed by atoms with Crippen LogP contribution in [0.2, 0.25) is 0 Å². The molecule has 1 amide bonds. The third-order valence-corrected chi connectivity index (χ3v) is 11.9. The summed E-state index contributed by atoms with van der Waals surface area (Å²) < 4.78 is 12.5. The molecular formula is C33H54N4O6S2. The lowest BCUT2D eigenvalue weighted by atomic mass is 9.85. The number of aliphatic hydroxyl groups is 3. The van der Waals surface area contributed by atoms with Gasteiger partial charge in [-0.25, -0.2) is 0 Å². The van der Waals surface area contributed by atoms with E-state index >= 15 is 0 Å². The maximum absolute atomic E-state index is 14.0. The van der Waals surface area contributed by atoms with E-state index in [1.54, 1.807) is 18.0 Å². The Morgan fingerprint density at radius 2 is 1.82 bits per heavy atom. The molecule has 6 N–H and O–H groups in total. The fourth-order valence-electron chi connectivity index (χ4n) is 7.45. The average Bonchev–Trinajstić information content (AvgIpc) is 3.31. The van der Waals surface area contributed by atoms with Crippen molar-refractivity contribution in [3.8, 4) is 0 Å². The lowest BCUT2D eigenvalue weighted by Gasteiger charge is -2.44. The van der Waals surface area contributed by atoms with Crippen LogP contribution in [0.15, 0.2) is 29.2 Å². The number of benzene rings is 1. The van der Waals surface area contributed by atoms with Crippen molar-refractivity contribution in [2.75, 3.05) is 45.6 Å². The molecule has 4 fully saturated rings. The number of thioether (sulfide) groups is 2. The molecule has 45 heavy (non-hydrogen) atoms. The van der Waals surface area contributed by atoms with Gasteiger partial charge in [0, 0.05) is 56.0 Å². The Hall–Kier alpha value is -0.930. The summed E-state index contributed by atoms with van der Waals surface area (Å²) in [5.41, 5.74) is 0.525. The normalized spacial score (nSPS) is 35.9. The Bertz CT molecular complexity index is 1080. The standard InChI is InChI=1S/C33H54N4O6S2/c1-19(2)15-22-9-14-42-30-23(16-22)17-35-26(30)32(41)36-25(31-28(39)27(38)29(40)33(43-31)44-4)20(3)45-24-7-5-21(6-8-24)18-37-12-10-34-11-13-37/h5-8,19-20,22-23,25-31,33-35,38-40H,9-18H2,1-4H3,(H,36,41)/t20-,22-,23-,25+,26-,27?,28?,29+,30+,31+,33?/m0/s1. The molecule has 4 aliphatic heterocycles. The summed E-state index contributed by atoms with van der Waals surface area (Å²) in [5, 5.41) is 42.3. The Labute approximate surface area is 277 Å². The predicted octanol–water partition coefficient (Wildman–Crippen LogP) is 1.66. The first-order valence-electron chi connectivity index (χ1n) is 16.7. The van der Waals surface area contributed by atoms with Crippen LogP contribution in [0.3, 0.4) is 0 Å². The van der Waals surface area contributed by atoms with Gasteiger partial charge in [0.1, 0.15) is 35.9 Å². The Kier molecular flexibility index (Phi) is 12.9. The van der Waals surface area contributed by atoms with Crippen LogP contribution in [0.4, 0.5) is 0 Å². The second-order valence-electron chi connectivity index (χ2n) is 13.7. The van der Waals surface area contributed by atoms with Gasteiger partial charge in [-0.3, -0.25) is 9.69 Å². The van der Waals surface area contributed by atoms with E-state index in [0.717, 1.165) is 57.0 Å². The highest BCUT2D eigenvalue weighted by atomic mass is 32.2. The van der Waals surface area contributed by atoms with Crippen LogP contribution in [0.25, 0.3) is 0 Å². The number of carbonyl (C=O) groups is 1. The zero-order valence-corrected chi connectivity index (χ0v) is 28.8. The van der Waals surface area contributed by atoms with Crippen molar-refractivity contribution in [3.63, 3.8) is 0 Å². The number of rotatable bonds is 11. The Morgan fingerprint density at radius 1 is 1.09 bits per heavy atom. The van der Waals surface area contributed by atoms with Crippen LogP contribution < -0.4 is 16.0 Å². The number of fused-ring (bicyclic) bond motifs is 1. The number of nitrogens with one attached hydrogen (secondary N) is 3. The van der Waals surface area contributed by atoms with Crippen LogP contribution in [-0.2, 0) is 20.8 Å². The van der Waals surface area contributed by atoms with Gasteiger partial charge in [-0.1, -0.05) is 32.9 Å². The van der Waals surface area contributed by atoms with E-state index in [4.69, 9.17) is 9.47 Å². The summed E-state index contributed by atoms with van der Waals surface area (Å²) in [5.74, 6) is 1.30. The van der Waals surface area contributed by atoms with E-state index in [-0.39, 0.29) is 23.2 Å². The van der Waals surface area contributed by atoms with Gasteiger partial charge in [-0.2, -0.15) is 0 Å². The number of piperazine rings is 1. The molecule has 3 unspecified atom stereocenters. The monoisotopic (exact) mass is 666 g/mol. The van der Waals surface area contributed by atoms with Gasteiger partial charge in [0.15, 0.2) is 0 Å². The molecule has 0 radical (unpaired) electrons. The number of hydrogen-bond acceptors (Lipinski definition) is 11. The van der Waals surface area contributed by atoms with Crippen LogP contribution in [-0.4, -0.2) is 125 Å². The van der Waals surface area contributed by atoms with E-state index in [1.807, 2.05) is 6.92 Å². The molecule has 0 aromatic heterocycles. The molecular weight excluding hydrogens is 613 g/mol. The first-order valence-corrected chi connectivity index (χ1v) is 18.9. The molecule has 12 heteroatoms. The Morgan fingerprint density at radius 3 is 2.51 bits per heavy atom. The minimum Gasteiger partial charge on any atom is -0.388 e. The fourth-order valence-corrected chi connectivity index (χ4v) is 9.22. The quantitative estimate of drug-likeness (QED) is 0.193. The third-order valence-electron chi connectivity index (χ3n) is 9.82. The molecule has 5 rings (SSSR count). The summed E-state index contributed by atoms with van der Waals surface area (Å²) >= 11 is 2.87. The molecule has 1 aromatic carbocycles. The van der Waals surface area contributed by atoms with Crippen LogP contribution in [0.1, 0.15) is 45.6 Å². The smallest absolute Gasteiger partial charge is 0.240 e. The lowest BCUT2D eigenvalue weighted by molar-refractivity contribution is -0.205. The summed E-state index contributed by atoms with van der Waals surface area (Å²) in [6.07, 6.45) is -0.0943. The van der Waals surface area contributed by atoms with Crippen molar-refractivity contribution in [1.82, 2.24) is 20.9 Å². The summed E-state index contributed by atoms with van der Waals surface area (Å²) in [6.45, 7) is 12.9. The molecule has 4 saturated heterocycles. The molecule has 4 heterocycles. The van der Waals surface area contributed by atoms with Crippen LogP contribution in [0.5, 0.6) is 0 Å². The number of ether oxygens (including phenoxy) is 2. The van der Waals surface area contributed by atoms with Crippen LogP contribution >= 0.6 is 23.5 Å². The van der Waals surface area contributed by atoms with E-state index in [0.29, 0.717) is 18.4 Å². The average molecular weight is 667 g/mol. The lowest BCUT2D eigenvalue weighted by Crippen LogP contribution is -2.65. The molecule has 254 valence electrons. The number of nitrogens with zero attached hydrogens (tertiary/aromatic N) is 1. The van der Waals surface area contributed by atoms with E-state index < -0.39 is 41.9 Å². The van der Waals surface area contributed by atoms with E-state index in [1.165, 1.54) is 23.7 Å². The minimum atomic E-state index is -1.39. The number of amides is 1. The topological polar surface area (TPSA) is 136 Å². The zero-order chi connectivity index (χ0) is 32.1. The maximum atomic E-state index is 14.0. The molecule has 0 bridgehead atoms. The first-order chi connectivity index (χ1) is 21.6. The summed E-state index contributed by atoms with van der Waals surface area (Å²) in [4.78, 5) is 17.5. The van der Waals surface area contributed by atoms with Crippen LogP contribution in [0, 0.1) is 17.8 Å². The van der Waals surface area contributed by atoms with Gasteiger partial charge in [0.05, 0.1) is 12.1 Å². The highest BCUT2D eigenvalue weighted by Gasteiger charge is 2.50. The van der Waals surface area contributed by atoms with Crippen molar-refractivity contribution in [1.29, 1.82) is 0 Å². The highest BCUT2D eigenvalue weighted by Crippen LogP contribution is 2.36. The van der Waals surface area contributed by atoms with Gasteiger partial charge in [-0.15, -0.1) is 23.5 Å². The molecule has 10 nitrogen and oxygen atoms in total. The minimum absolute atomic E-state index is 0.189. The largest absolute Gasteiger partial charge is 0.388 e. The second-order valence-corrected chi connectivity index (χ2v) is 16.1. The van der Waals surface area contributed by atoms with Crippen molar-refractivity contribution in [3.05, 3.63) is 29.8 Å². The van der Waals surface area contributed by atoms with Crippen molar-refractivity contribution in [2.45, 2.75) is 105 Å². The number of hydrogen-bond donors (Lipinski definition) is 6. The van der Waals surface area contributed by atoms with E-state index in [2.05, 4.69) is 59.0 Å². The second kappa shape index (κ2) is 16.5. The van der Waals surface area contributed by atoms with E-state index in [9.17, 15) is 20.1 Å². The van der Waals surface area contributed by atoms with Gasteiger partial charge >= 0.3 is 0 Å². The van der Waals surface area contributed by atoms with Crippen molar-refractivity contribution in [2.24, 2.45) is 17.8 Å². The molecule has 0 saturated carbocycles. The first kappa shape index (κ1) is 35.4. The molecule has 0 aliphatic carbocycles. The third kappa shape index (κ3) is 8.95. The van der Waals surface area contributed by atoms with Gasteiger partial charge in [0.2, 0.25) is 5.91 Å². The number of carbonyl (C=O) groups excluding carboxylic acids is 1. The maximum Gasteiger partial charge on any atom is 0.240 e. The van der Waals surface area contributed by atoms with Gasteiger partial charge in [-0.05, 0) is 61.0 Å². The van der Waals surface area contributed by atoms with Crippen molar-refractivity contribution < 1.29 is 29.6 Å². The molecule has 4 aliphatic rings. The summed E-state index contributed by atoms with van der Waals surface area (Å²) in [6, 6.07) is 7.36. The number of aliphatic hydroxyl groups excluding tert-OH is 3. The molecule has 0 spiro atoms. The van der Waals surface area contributed by atoms with Crippen molar-refractivity contribution >= 4 is 29.4 Å². The highest BCUT2D eigenvalue weighted by molar-refractivity contribution is 8.00. The molecule has 1 aromatic rings. The SMILES string of the molecule is CSC1O[C@H]([C@H](NC(=O)[C@H]2NC[C@@H]3C[C@H](CC(C)C)CCO[C@H]32)[C@H](C)Sc2ccc(CN3CCNCC3)cc2)C(O)C(O)[C@H]1O. The summed E-state index contributed by atoms with van der Waals surface area (Å²) in [7, 11) is 0. The predicted molar refractivity (Wildman–Crippen MR) is 179 cm³/mol. The zero-order valence-electron chi connectivity index (χ0n) is 27.1. The van der Waals surface area contributed by atoms with Gasteiger partial charge < -0.3 is 40.7 Å². The van der Waals surface area contributed by atoms with Gasteiger partial charge in [0.25, 0.3) is 0 Å². The Balaban J connectivity index is 1.30. The molecule has 11 atom stereocenters.